The largest absolute Gasteiger partial charge is 0.359 e. The molecule has 2 saturated heterocycles. The fourth-order valence-electron chi connectivity index (χ4n) is 6.60. The second-order valence-electron chi connectivity index (χ2n) is 10.7. The minimum absolute atomic E-state index is 0.0418. The zero-order valence-corrected chi connectivity index (χ0v) is 21.6. The minimum Gasteiger partial charge on any atom is -0.359 e. The van der Waals surface area contributed by atoms with Gasteiger partial charge in [0.1, 0.15) is 17.5 Å². The first-order valence-electron chi connectivity index (χ1n) is 12.9. The lowest BCUT2D eigenvalue weighted by molar-refractivity contribution is -0.141. The number of hydrogen-bond donors (Lipinski definition) is 2. The summed E-state index contributed by atoms with van der Waals surface area (Å²) in [5, 5.41) is 5.89. The molecule has 194 valence electrons. The molecule has 2 bridgehead atoms. The Morgan fingerprint density at radius 1 is 1.25 bits per heavy atom. The standard InChI is InChI=1S/C27H33ClFN3O4/c1-4-12-32-23(25(34)31-19-7-5-6-14(2)15(19)3)27-11-10-20(36-27)21(22(27)26(32)35)24(33)30-16-8-9-18(29)17(28)13-16/h8-11,13-15,19-23H,4-7,12H2,1-3H3,(H,30,33)(H,31,34)/t14-,15-,19-,20+,21-,22+,23+,27+/m1/s1. The summed E-state index contributed by atoms with van der Waals surface area (Å²) in [6.45, 7) is 6.73. The Bertz CT molecular complexity index is 1110. The molecule has 5 rings (SSSR count). The van der Waals surface area contributed by atoms with Crippen molar-refractivity contribution in [2.45, 2.75) is 70.2 Å². The number of fused-ring (bicyclic) bond motifs is 1. The lowest BCUT2D eigenvalue weighted by atomic mass is 9.73. The fraction of sp³-hybridized carbons (Fsp3) is 0.593. The first-order chi connectivity index (χ1) is 17.2. The van der Waals surface area contributed by atoms with Crippen LogP contribution in [-0.4, -0.2) is 53.0 Å². The van der Waals surface area contributed by atoms with Crippen LogP contribution in [0.2, 0.25) is 5.02 Å². The first kappa shape index (κ1) is 25.2. The monoisotopic (exact) mass is 517 g/mol. The van der Waals surface area contributed by atoms with Gasteiger partial charge in [-0.05, 0) is 42.9 Å². The Morgan fingerprint density at radius 2 is 2.03 bits per heavy atom. The average molecular weight is 518 g/mol. The Morgan fingerprint density at radius 3 is 2.75 bits per heavy atom. The van der Waals surface area contributed by atoms with Gasteiger partial charge in [-0.3, -0.25) is 14.4 Å². The first-order valence-corrected chi connectivity index (χ1v) is 13.3. The molecule has 0 unspecified atom stereocenters. The van der Waals surface area contributed by atoms with Crippen LogP contribution in [0.1, 0.15) is 46.5 Å². The molecule has 1 aromatic rings. The molecule has 3 heterocycles. The van der Waals surface area contributed by atoms with Crippen molar-refractivity contribution in [1.82, 2.24) is 10.2 Å². The van der Waals surface area contributed by atoms with E-state index in [9.17, 15) is 18.8 Å². The molecule has 8 atom stereocenters. The zero-order valence-electron chi connectivity index (χ0n) is 20.8. The van der Waals surface area contributed by atoms with Crippen molar-refractivity contribution in [1.29, 1.82) is 0 Å². The second-order valence-corrected chi connectivity index (χ2v) is 11.1. The van der Waals surface area contributed by atoms with Crippen molar-refractivity contribution in [3.8, 4) is 0 Å². The zero-order chi connectivity index (χ0) is 25.8. The van der Waals surface area contributed by atoms with Crippen LogP contribution in [-0.2, 0) is 19.1 Å². The smallest absolute Gasteiger partial charge is 0.246 e. The number of anilines is 1. The maximum atomic E-state index is 13.8. The number of nitrogens with zero attached hydrogens (tertiary/aromatic N) is 1. The normalized spacial score (nSPS) is 36.8. The molecule has 4 aliphatic rings. The fourth-order valence-corrected chi connectivity index (χ4v) is 6.78. The highest BCUT2D eigenvalue weighted by Gasteiger charge is 2.72. The molecule has 36 heavy (non-hydrogen) atoms. The summed E-state index contributed by atoms with van der Waals surface area (Å²) in [6.07, 6.45) is 6.76. The molecule has 1 spiro atoms. The SMILES string of the molecule is CCCN1C(=O)[C@@H]2[C@H](C(=O)Nc3ccc(F)c(Cl)c3)[C@@H]3C=C[C@@]2(O3)[C@@H]1C(=O)N[C@@H]1CCC[C@@H](C)[C@H]1C. The molecule has 9 heteroatoms. The quantitative estimate of drug-likeness (QED) is 0.560. The van der Waals surface area contributed by atoms with Gasteiger partial charge in [-0.15, -0.1) is 0 Å². The predicted molar refractivity (Wildman–Crippen MR) is 134 cm³/mol. The number of carbonyl (C=O) groups is 3. The summed E-state index contributed by atoms with van der Waals surface area (Å²) >= 11 is 5.87. The van der Waals surface area contributed by atoms with E-state index < -0.39 is 41.3 Å². The van der Waals surface area contributed by atoms with E-state index in [1.54, 1.807) is 11.0 Å². The molecule has 3 fully saturated rings. The van der Waals surface area contributed by atoms with E-state index in [1.807, 2.05) is 13.0 Å². The van der Waals surface area contributed by atoms with Crippen LogP contribution in [0.3, 0.4) is 0 Å². The third-order valence-corrected chi connectivity index (χ3v) is 8.90. The summed E-state index contributed by atoms with van der Waals surface area (Å²) in [4.78, 5) is 42.5. The summed E-state index contributed by atoms with van der Waals surface area (Å²) in [5.41, 5.74) is -0.856. The third-order valence-electron chi connectivity index (χ3n) is 8.61. The van der Waals surface area contributed by atoms with Crippen LogP contribution in [0.25, 0.3) is 0 Å². The van der Waals surface area contributed by atoms with Gasteiger partial charge in [0.15, 0.2) is 0 Å². The Hall–Kier alpha value is -2.45. The van der Waals surface area contributed by atoms with Crippen molar-refractivity contribution >= 4 is 35.0 Å². The number of carbonyl (C=O) groups excluding carboxylic acids is 3. The summed E-state index contributed by atoms with van der Waals surface area (Å²) in [5.74, 6) is -2.24. The molecule has 2 N–H and O–H groups in total. The highest BCUT2D eigenvalue weighted by Crippen LogP contribution is 2.55. The van der Waals surface area contributed by atoms with E-state index in [4.69, 9.17) is 16.3 Å². The lowest BCUT2D eigenvalue weighted by Crippen LogP contribution is -2.57. The number of halogens is 2. The van der Waals surface area contributed by atoms with Crippen LogP contribution in [0.5, 0.6) is 0 Å². The summed E-state index contributed by atoms with van der Waals surface area (Å²) in [6, 6.07) is 3.13. The third kappa shape index (κ3) is 3.93. The summed E-state index contributed by atoms with van der Waals surface area (Å²) < 4.78 is 19.9. The highest BCUT2D eigenvalue weighted by atomic mass is 35.5. The molecule has 3 amide bonds. The topological polar surface area (TPSA) is 87.7 Å². The van der Waals surface area contributed by atoms with Crippen LogP contribution in [0.4, 0.5) is 10.1 Å². The number of hydrogen-bond acceptors (Lipinski definition) is 4. The Labute approximate surface area is 215 Å². The van der Waals surface area contributed by atoms with Crippen LogP contribution < -0.4 is 10.6 Å². The van der Waals surface area contributed by atoms with Gasteiger partial charge in [-0.1, -0.05) is 57.4 Å². The van der Waals surface area contributed by atoms with E-state index in [0.717, 1.165) is 19.3 Å². The molecule has 1 saturated carbocycles. The second kappa shape index (κ2) is 9.45. The van der Waals surface area contributed by atoms with Crippen molar-refractivity contribution in [2.24, 2.45) is 23.7 Å². The van der Waals surface area contributed by atoms with Gasteiger partial charge in [0.05, 0.1) is 23.0 Å². The molecule has 0 aromatic heterocycles. The van der Waals surface area contributed by atoms with Crippen molar-refractivity contribution < 1.29 is 23.5 Å². The summed E-state index contributed by atoms with van der Waals surface area (Å²) in [7, 11) is 0. The lowest BCUT2D eigenvalue weighted by Gasteiger charge is -2.38. The molecular weight excluding hydrogens is 485 g/mol. The van der Waals surface area contributed by atoms with Gasteiger partial charge < -0.3 is 20.3 Å². The minimum atomic E-state index is -1.19. The van der Waals surface area contributed by atoms with E-state index in [-0.39, 0.29) is 22.9 Å². The molecule has 7 nitrogen and oxygen atoms in total. The molecule has 1 aliphatic carbocycles. The van der Waals surface area contributed by atoms with Gasteiger partial charge in [-0.2, -0.15) is 0 Å². The highest BCUT2D eigenvalue weighted by molar-refractivity contribution is 6.31. The van der Waals surface area contributed by atoms with Crippen LogP contribution in [0, 0.1) is 29.5 Å². The van der Waals surface area contributed by atoms with Gasteiger partial charge in [0.2, 0.25) is 17.7 Å². The van der Waals surface area contributed by atoms with Crippen LogP contribution in [0.15, 0.2) is 30.4 Å². The Kier molecular flexibility index (Phi) is 6.62. The van der Waals surface area contributed by atoms with Crippen molar-refractivity contribution in [3.63, 3.8) is 0 Å². The van der Waals surface area contributed by atoms with Gasteiger partial charge in [0, 0.05) is 18.3 Å². The van der Waals surface area contributed by atoms with Crippen molar-refractivity contribution in [3.05, 3.63) is 41.2 Å². The average Bonchev–Trinajstić information content (AvgIpc) is 3.47. The number of nitrogens with one attached hydrogen (secondary N) is 2. The number of ether oxygens (including phenoxy) is 1. The van der Waals surface area contributed by atoms with Crippen molar-refractivity contribution in [2.75, 3.05) is 11.9 Å². The number of likely N-dealkylation sites (tertiary alicyclic amines) is 1. The maximum Gasteiger partial charge on any atom is 0.246 e. The van der Waals surface area contributed by atoms with Gasteiger partial charge in [-0.25, -0.2) is 4.39 Å². The number of amides is 3. The molecule has 0 radical (unpaired) electrons. The van der Waals surface area contributed by atoms with E-state index in [2.05, 4.69) is 24.5 Å². The molecule has 3 aliphatic heterocycles. The molecule has 1 aromatic carbocycles. The van der Waals surface area contributed by atoms with E-state index in [1.165, 1.54) is 18.2 Å². The van der Waals surface area contributed by atoms with Gasteiger partial charge in [0.25, 0.3) is 0 Å². The Balaban J connectivity index is 1.42. The van der Waals surface area contributed by atoms with E-state index in [0.29, 0.717) is 30.5 Å². The van der Waals surface area contributed by atoms with Crippen LogP contribution >= 0.6 is 11.6 Å². The number of rotatable bonds is 6. The molecular formula is C27H33ClFN3O4. The maximum absolute atomic E-state index is 13.8. The van der Waals surface area contributed by atoms with E-state index >= 15 is 0 Å². The predicted octanol–water partition coefficient (Wildman–Crippen LogP) is 3.92. The number of benzene rings is 1. The van der Waals surface area contributed by atoms with Gasteiger partial charge >= 0.3 is 0 Å².